The van der Waals surface area contributed by atoms with Crippen molar-refractivity contribution < 1.29 is 19.1 Å². The second kappa shape index (κ2) is 5.60. The number of hydrogen-bond donors (Lipinski definition) is 0. The van der Waals surface area contributed by atoms with Crippen LogP contribution >= 0.6 is 11.6 Å². The predicted octanol–water partition coefficient (Wildman–Crippen LogP) is 0.496. The summed E-state index contributed by atoms with van der Waals surface area (Å²) in [6, 6.07) is 0. The maximum Gasteiger partial charge on any atom is 0.330 e. The molecule has 12 heavy (non-hydrogen) atoms. The Kier molecular flexibility index (Phi) is 5.12. The zero-order valence-corrected chi connectivity index (χ0v) is 7.34. The van der Waals surface area contributed by atoms with Crippen molar-refractivity contribution in [1.29, 1.82) is 0 Å². The highest BCUT2D eigenvalue weighted by atomic mass is 35.5. The first-order valence-corrected chi connectivity index (χ1v) is 3.56. The van der Waals surface area contributed by atoms with Crippen LogP contribution in [0.4, 0.5) is 0 Å². The van der Waals surface area contributed by atoms with E-state index >= 15 is 0 Å². The van der Waals surface area contributed by atoms with Gasteiger partial charge in [0, 0.05) is 6.08 Å². The molecule has 0 amide bonds. The third-order valence-corrected chi connectivity index (χ3v) is 1.30. The molecule has 0 radical (unpaired) electrons. The summed E-state index contributed by atoms with van der Waals surface area (Å²) in [6.45, 7) is 2.96. The zero-order chi connectivity index (χ0) is 9.56. The second-order valence-electron chi connectivity index (χ2n) is 1.82. The molecular weight excluding hydrogens is 184 g/mol. The van der Waals surface area contributed by atoms with Gasteiger partial charge in [0.05, 0.1) is 7.11 Å². The van der Waals surface area contributed by atoms with Crippen LogP contribution in [0.5, 0.6) is 0 Å². The van der Waals surface area contributed by atoms with Gasteiger partial charge in [-0.1, -0.05) is 6.58 Å². The van der Waals surface area contributed by atoms with Crippen molar-refractivity contribution in [3.63, 3.8) is 0 Å². The van der Waals surface area contributed by atoms with Crippen molar-refractivity contribution in [3.05, 3.63) is 12.7 Å². The minimum Gasteiger partial charge on any atom is -0.468 e. The third-order valence-electron chi connectivity index (χ3n) is 0.996. The molecule has 68 valence electrons. The maximum atomic E-state index is 10.6. The highest BCUT2D eigenvalue weighted by molar-refractivity contribution is 6.30. The molecule has 0 aliphatic rings. The molecule has 0 aromatic carbocycles. The molecule has 1 unspecified atom stereocenters. The first kappa shape index (κ1) is 11.0. The van der Waals surface area contributed by atoms with Crippen molar-refractivity contribution in [2.45, 2.75) is 5.38 Å². The van der Waals surface area contributed by atoms with Crippen LogP contribution < -0.4 is 0 Å². The number of halogens is 1. The smallest absolute Gasteiger partial charge is 0.330 e. The molecule has 4 nitrogen and oxygen atoms in total. The lowest BCUT2D eigenvalue weighted by Crippen LogP contribution is -2.23. The first-order chi connectivity index (χ1) is 5.61. The molecule has 0 aromatic heterocycles. The lowest BCUT2D eigenvalue weighted by atomic mass is 10.4. The molecule has 0 fully saturated rings. The van der Waals surface area contributed by atoms with Gasteiger partial charge in [0.1, 0.15) is 6.61 Å². The molecule has 0 saturated carbocycles. The van der Waals surface area contributed by atoms with E-state index < -0.39 is 17.3 Å². The normalized spacial score (nSPS) is 11.5. The van der Waals surface area contributed by atoms with E-state index in [4.69, 9.17) is 11.6 Å². The van der Waals surface area contributed by atoms with Crippen molar-refractivity contribution in [1.82, 2.24) is 0 Å². The van der Waals surface area contributed by atoms with E-state index in [9.17, 15) is 9.59 Å². The van der Waals surface area contributed by atoms with Gasteiger partial charge in [-0.3, -0.25) is 4.79 Å². The molecule has 0 spiro atoms. The van der Waals surface area contributed by atoms with Crippen LogP contribution in [0.3, 0.4) is 0 Å². The molecule has 0 saturated heterocycles. The molecule has 0 N–H and O–H groups in total. The van der Waals surface area contributed by atoms with Crippen molar-refractivity contribution >= 4 is 23.5 Å². The van der Waals surface area contributed by atoms with Gasteiger partial charge >= 0.3 is 11.9 Å². The molecule has 0 aliphatic heterocycles. The number of methoxy groups -OCH3 is 1. The van der Waals surface area contributed by atoms with Gasteiger partial charge in [0.2, 0.25) is 0 Å². The minimum absolute atomic E-state index is 0.209. The quantitative estimate of drug-likeness (QED) is 0.370. The van der Waals surface area contributed by atoms with Gasteiger partial charge in [-0.15, -0.1) is 11.6 Å². The van der Waals surface area contributed by atoms with Crippen LogP contribution in [0, 0.1) is 0 Å². The SMILES string of the molecule is C=CC(=O)OCC(Cl)C(=O)OC. The first-order valence-electron chi connectivity index (χ1n) is 3.13. The molecule has 0 aromatic rings. The maximum absolute atomic E-state index is 10.6. The van der Waals surface area contributed by atoms with E-state index in [-0.39, 0.29) is 6.61 Å². The Morgan fingerprint density at radius 3 is 2.67 bits per heavy atom. The Hall–Kier alpha value is -1.03. The summed E-state index contributed by atoms with van der Waals surface area (Å²) in [5.41, 5.74) is 0. The number of carbonyl (C=O) groups excluding carboxylic acids is 2. The van der Waals surface area contributed by atoms with Crippen LogP contribution in [0.2, 0.25) is 0 Å². The van der Waals surface area contributed by atoms with Crippen molar-refractivity contribution in [3.8, 4) is 0 Å². The third kappa shape index (κ3) is 3.98. The standard InChI is InChI=1S/C7H9ClO4/c1-3-6(9)12-4-5(8)7(10)11-2/h3,5H,1,4H2,2H3. The van der Waals surface area contributed by atoms with E-state index in [0.29, 0.717) is 0 Å². The van der Waals surface area contributed by atoms with Gasteiger partial charge in [-0.2, -0.15) is 0 Å². The summed E-state index contributed by atoms with van der Waals surface area (Å²) in [6.07, 6.45) is 0.987. The Bertz CT molecular complexity index is 190. The van der Waals surface area contributed by atoms with Gasteiger partial charge in [-0.05, 0) is 0 Å². The van der Waals surface area contributed by atoms with Gasteiger partial charge in [0.15, 0.2) is 5.38 Å². The molecule has 1 atom stereocenters. The predicted molar refractivity (Wildman–Crippen MR) is 42.8 cm³/mol. The number of esters is 2. The van der Waals surface area contributed by atoms with Crippen LogP contribution in [0.25, 0.3) is 0 Å². The largest absolute Gasteiger partial charge is 0.468 e. The molecule has 0 aliphatic carbocycles. The van der Waals surface area contributed by atoms with Gasteiger partial charge < -0.3 is 9.47 Å². The Morgan fingerprint density at radius 2 is 2.25 bits per heavy atom. The minimum atomic E-state index is -0.959. The fourth-order valence-corrected chi connectivity index (χ4v) is 0.562. The van der Waals surface area contributed by atoms with E-state index in [0.717, 1.165) is 6.08 Å². The Labute approximate surface area is 75.1 Å². The van der Waals surface area contributed by atoms with Crippen molar-refractivity contribution in [2.75, 3.05) is 13.7 Å². The Morgan fingerprint density at radius 1 is 1.67 bits per heavy atom. The van der Waals surface area contributed by atoms with Crippen LogP contribution in [0.1, 0.15) is 0 Å². The van der Waals surface area contributed by atoms with E-state index in [2.05, 4.69) is 16.1 Å². The molecule has 0 bridgehead atoms. The highest BCUT2D eigenvalue weighted by Gasteiger charge is 2.16. The molecule has 0 heterocycles. The van der Waals surface area contributed by atoms with E-state index in [1.807, 2.05) is 0 Å². The fourth-order valence-electron chi connectivity index (χ4n) is 0.410. The zero-order valence-electron chi connectivity index (χ0n) is 6.58. The summed E-state index contributed by atoms with van der Waals surface area (Å²) in [5, 5.41) is -0.959. The lowest BCUT2D eigenvalue weighted by Gasteiger charge is -2.06. The number of rotatable bonds is 4. The summed E-state index contributed by atoms with van der Waals surface area (Å²) in [7, 11) is 1.20. The van der Waals surface area contributed by atoms with Crippen molar-refractivity contribution in [2.24, 2.45) is 0 Å². The Balaban J connectivity index is 3.70. The summed E-state index contributed by atoms with van der Waals surface area (Å²) >= 11 is 5.45. The number of hydrogen-bond acceptors (Lipinski definition) is 4. The second-order valence-corrected chi connectivity index (χ2v) is 2.35. The molecule has 0 rings (SSSR count). The molecular formula is C7H9ClO4. The van der Waals surface area contributed by atoms with Gasteiger partial charge in [0.25, 0.3) is 0 Å². The van der Waals surface area contributed by atoms with E-state index in [1.165, 1.54) is 7.11 Å². The number of alkyl halides is 1. The lowest BCUT2D eigenvalue weighted by molar-refractivity contribution is -0.144. The van der Waals surface area contributed by atoms with Crippen LogP contribution in [-0.4, -0.2) is 31.0 Å². The topological polar surface area (TPSA) is 52.6 Å². The average Bonchev–Trinajstić information content (AvgIpc) is 2.11. The van der Waals surface area contributed by atoms with E-state index in [1.54, 1.807) is 0 Å². The molecule has 5 heteroatoms. The van der Waals surface area contributed by atoms with Crippen LogP contribution in [-0.2, 0) is 19.1 Å². The monoisotopic (exact) mass is 192 g/mol. The number of carbonyl (C=O) groups is 2. The summed E-state index contributed by atoms with van der Waals surface area (Å²) < 4.78 is 8.78. The van der Waals surface area contributed by atoms with Crippen LogP contribution in [0.15, 0.2) is 12.7 Å². The fraction of sp³-hybridized carbons (Fsp3) is 0.429. The number of ether oxygens (including phenoxy) is 2. The summed E-state index contributed by atoms with van der Waals surface area (Å²) in [4.78, 5) is 21.1. The summed E-state index contributed by atoms with van der Waals surface area (Å²) in [5.74, 6) is -1.25. The van der Waals surface area contributed by atoms with Gasteiger partial charge in [-0.25, -0.2) is 4.79 Å². The highest BCUT2D eigenvalue weighted by Crippen LogP contribution is 1.99. The average molecular weight is 193 g/mol.